The number of ketones is 1. The van der Waals surface area contributed by atoms with Crippen LogP contribution in [0.1, 0.15) is 42.6 Å². The molecule has 4 nitrogen and oxygen atoms in total. The van der Waals surface area contributed by atoms with E-state index in [1.165, 1.54) is 25.0 Å². The fourth-order valence-electron chi connectivity index (χ4n) is 4.25. The van der Waals surface area contributed by atoms with Gasteiger partial charge < -0.3 is 4.90 Å². The Bertz CT molecular complexity index is 712. The van der Waals surface area contributed by atoms with Gasteiger partial charge in [-0.15, -0.1) is 0 Å². The summed E-state index contributed by atoms with van der Waals surface area (Å²) in [5.41, 5.74) is 1.11. The first-order valence-corrected chi connectivity index (χ1v) is 8.00. The predicted octanol–water partition coefficient (Wildman–Crippen LogP) is 3.15. The molecule has 22 heavy (non-hydrogen) atoms. The summed E-state index contributed by atoms with van der Waals surface area (Å²) < 4.78 is 13.4. The molecule has 2 fully saturated rings. The zero-order valence-corrected chi connectivity index (χ0v) is 12.7. The minimum absolute atomic E-state index is 0.0332. The lowest BCUT2D eigenvalue weighted by Crippen LogP contribution is -2.40. The number of Topliss-reactive ketones (excluding diaryl/α,β-unsaturated/α-hetero) is 1. The minimum atomic E-state index is -0.333. The van der Waals surface area contributed by atoms with E-state index in [0.29, 0.717) is 41.0 Å². The van der Waals surface area contributed by atoms with E-state index >= 15 is 0 Å². The molecule has 2 aliphatic rings. The maximum absolute atomic E-state index is 13.4. The van der Waals surface area contributed by atoms with Crippen molar-refractivity contribution in [3.8, 4) is 0 Å². The Morgan fingerprint density at radius 3 is 2.82 bits per heavy atom. The number of halogens is 1. The number of hydrogen-bond donors (Lipinski definition) is 1. The van der Waals surface area contributed by atoms with Crippen LogP contribution >= 0.6 is 0 Å². The number of piperidine rings is 1. The zero-order valence-electron chi connectivity index (χ0n) is 12.7. The maximum atomic E-state index is 13.4. The van der Waals surface area contributed by atoms with E-state index in [1.807, 2.05) is 0 Å². The van der Waals surface area contributed by atoms with Crippen molar-refractivity contribution in [2.75, 3.05) is 7.05 Å². The van der Waals surface area contributed by atoms with Crippen molar-refractivity contribution in [1.29, 1.82) is 0 Å². The highest BCUT2D eigenvalue weighted by Crippen LogP contribution is 2.39. The quantitative estimate of drug-likeness (QED) is 0.886. The lowest BCUT2D eigenvalue weighted by atomic mass is 9.86. The van der Waals surface area contributed by atoms with E-state index in [-0.39, 0.29) is 11.6 Å². The largest absolute Gasteiger partial charge is 0.300 e. The standard InChI is InChI=1S/C17H20FN3O/c1-21-12-3-4-13(21)7-10(6-12)8-16(22)17-14-9-11(18)2-5-15(14)19-20-17/h2,5,9-10,12-13H,3-4,6-8H2,1H3,(H,19,20). The molecule has 1 N–H and O–H groups in total. The second-order valence-electron chi connectivity index (χ2n) is 6.78. The third-order valence-corrected chi connectivity index (χ3v) is 5.46. The molecule has 1 aromatic heterocycles. The molecule has 0 aliphatic carbocycles. The number of benzene rings is 1. The Hall–Kier alpha value is -1.75. The van der Waals surface area contributed by atoms with Crippen molar-refractivity contribution in [3.63, 3.8) is 0 Å². The van der Waals surface area contributed by atoms with Crippen molar-refractivity contribution in [2.45, 2.75) is 44.2 Å². The normalized spacial score (nSPS) is 28.4. The number of fused-ring (bicyclic) bond motifs is 3. The number of H-pyrrole nitrogens is 1. The number of nitrogens with one attached hydrogen (secondary N) is 1. The van der Waals surface area contributed by atoms with Gasteiger partial charge in [0.2, 0.25) is 0 Å². The van der Waals surface area contributed by atoms with Crippen LogP contribution < -0.4 is 0 Å². The summed E-state index contributed by atoms with van der Waals surface area (Å²) in [6.45, 7) is 0. The second-order valence-corrected chi connectivity index (χ2v) is 6.78. The van der Waals surface area contributed by atoms with Crippen molar-refractivity contribution in [1.82, 2.24) is 15.1 Å². The molecule has 0 radical (unpaired) electrons. The maximum Gasteiger partial charge on any atom is 0.183 e. The summed E-state index contributed by atoms with van der Waals surface area (Å²) in [6.07, 6.45) is 5.22. The van der Waals surface area contributed by atoms with Crippen LogP contribution in [0.3, 0.4) is 0 Å². The molecule has 0 spiro atoms. The Morgan fingerprint density at radius 2 is 2.09 bits per heavy atom. The van der Waals surface area contributed by atoms with E-state index in [1.54, 1.807) is 6.07 Å². The SMILES string of the molecule is CN1C2CCC1CC(CC(=O)c1n[nH]c3ccc(F)cc13)C2. The first-order chi connectivity index (χ1) is 10.6. The number of aromatic amines is 1. The average Bonchev–Trinajstić information content (AvgIpc) is 2.97. The summed E-state index contributed by atoms with van der Waals surface area (Å²) in [6, 6.07) is 5.66. The molecule has 3 heterocycles. The molecule has 4 rings (SSSR count). The summed E-state index contributed by atoms with van der Waals surface area (Å²) in [4.78, 5) is 15.1. The molecule has 2 aromatic rings. The van der Waals surface area contributed by atoms with Crippen molar-refractivity contribution < 1.29 is 9.18 Å². The van der Waals surface area contributed by atoms with Crippen LogP contribution in [0.2, 0.25) is 0 Å². The van der Waals surface area contributed by atoms with Gasteiger partial charge in [0.25, 0.3) is 0 Å². The number of hydrogen-bond acceptors (Lipinski definition) is 3. The Kier molecular flexibility index (Phi) is 3.26. The lowest BCUT2D eigenvalue weighted by molar-refractivity contribution is 0.0879. The van der Waals surface area contributed by atoms with Crippen LogP contribution in [0, 0.1) is 11.7 Å². The van der Waals surface area contributed by atoms with Crippen LogP contribution in [-0.4, -0.2) is 40.0 Å². The highest BCUT2D eigenvalue weighted by molar-refractivity contribution is 6.05. The topological polar surface area (TPSA) is 49.0 Å². The molecule has 116 valence electrons. The zero-order chi connectivity index (χ0) is 15.3. The second kappa shape index (κ2) is 5.16. The van der Waals surface area contributed by atoms with Crippen molar-refractivity contribution in [3.05, 3.63) is 29.7 Å². The summed E-state index contributed by atoms with van der Waals surface area (Å²) in [5, 5.41) is 7.54. The third-order valence-electron chi connectivity index (χ3n) is 5.46. The van der Waals surface area contributed by atoms with Gasteiger partial charge in [0, 0.05) is 23.9 Å². The van der Waals surface area contributed by atoms with E-state index < -0.39 is 0 Å². The Morgan fingerprint density at radius 1 is 1.36 bits per heavy atom. The summed E-state index contributed by atoms with van der Waals surface area (Å²) in [7, 11) is 2.20. The average molecular weight is 301 g/mol. The number of carbonyl (C=O) groups excluding carboxylic acids is 1. The Balaban J connectivity index is 1.53. The molecule has 0 amide bonds. The molecule has 2 atom stereocenters. The highest BCUT2D eigenvalue weighted by atomic mass is 19.1. The minimum Gasteiger partial charge on any atom is -0.300 e. The van der Waals surface area contributed by atoms with E-state index in [4.69, 9.17) is 0 Å². The fourth-order valence-corrected chi connectivity index (χ4v) is 4.25. The first kappa shape index (κ1) is 13.9. The molecular weight excluding hydrogens is 281 g/mol. The highest BCUT2D eigenvalue weighted by Gasteiger charge is 2.39. The van der Waals surface area contributed by atoms with Crippen molar-refractivity contribution >= 4 is 16.7 Å². The van der Waals surface area contributed by atoms with Gasteiger partial charge in [-0.05, 0) is 56.8 Å². The van der Waals surface area contributed by atoms with Crippen LogP contribution in [0.5, 0.6) is 0 Å². The van der Waals surface area contributed by atoms with Gasteiger partial charge in [0.05, 0.1) is 5.52 Å². The molecule has 2 bridgehead atoms. The van der Waals surface area contributed by atoms with Gasteiger partial charge in [0.15, 0.2) is 5.78 Å². The third kappa shape index (κ3) is 2.24. The van der Waals surface area contributed by atoms with Crippen LogP contribution in [-0.2, 0) is 0 Å². The Labute approximate surface area is 128 Å². The lowest BCUT2D eigenvalue weighted by Gasteiger charge is -2.36. The molecular formula is C17H20FN3O. The molecule has 2 saturated heterocycles. The van der Waals surface area contributed by atoms with Gasteiger partial charge in [-0.2, -0.15) is 5.10 Å². The monoisotopic (exact) mass is 301 g/mol. The van der Waals surface area contributed by atoms with Crippen LogP contribution in [0.25, 0.3) is 10.9 Å². The van der Waals surface area contributed by atoms with Crippen LogP contribution in [0.4, 0.5) is 4.39 Å². The summed E-state index contributed by atoms with van der Waals surface area (Å²) in [5.74, 6) is 0.132. The smallest absolute Gasteiger partial charge is 0.183 e. The molecule has 2 unspecified atom stereocenters. The number of carbonyl (C=O) groups is 1. The fraction of sp³-hybridized carbons (Fsp3) is 0.529. The molecule has 2 aliphatic heterocycles. The van der Waals surface area contributed by atoms with Gasteiger partial charge in [-0.1, -0.05) is 0 Å². The summed E-state index contributed by atoms with van der Waals surface area (Å²) >= 11 is 0. The number of nitrogens with zero attached hydrogens (tertiary/aromatic N) is 2. The van der Waals surface area contributed by atoms with E-state index in [9.17, 15) is 9.18 Å². The molecule has 0 saturated carbocycles. The predicted molar refractivity (Wildman–Crippen MR) is 82.3 cm³/mol. The van der Waals surface area contributed by atoms with E-state index in [0.717, 1.165) is 12.8 Å². The van der Waals surface area contributed by atoms with E-state index in [2.05, 4.69) is 22.1 Å². The van der Waals surface area contributed by atoms with Gasteiger partial charge >= 0.3 is 0 Å². The molecule has 1 aromatic carbocycles. The molecule has 5 heteroatoms. The number of aromatic nitrogens is 2. The first-order valence-electron chi connectivity index (χ1n) is 8.00. The van der Waals surface area contributed by atoms with Gasteiger partial charge in [-0.3, -0.25) is 9.89 Å². The number of rotatable bonds is 3. The van der Waals surface area contributed by atoms with Gasteiger partial charge in [-0.25, -0.2) is 4.39 Å². The van der Waals surface area contributed by atoms with Gasteiger partial charge in [0.1, 0.15) is 11.5 Å². The van der Waals surface area contributed by atoms with Crippen LogP contribution in [0.15, 0.2) is 18.2 Å². The van der Waals surface area contributed by atoms with Crippen molar-refractivity contribution in [2.24, 2.45) is 5.92 Å².